The van der Waals surface area contributed by atoms with Crippen LogP contribution in [-0.4, -0.2) is 29.6 Å². The Labute approximate surface area is 142 Å². The van der Waals surface area contributed by atoms with Crippen LogP contribution in [0.4, 0.5) is 18.0 Å². The smallest absolute Gasteiger partial charge is 0.416 e. The zero-order valence-electron chi connectivity index (χ0n) is 14.2. The average Bonchev–Trinajstić information content (AvgIpc) is 2.44. The van der Waals surface area contributed by atoms with E-state index in [0.717, 1.165) is 24.3 Å². The first-order valence-corrected chi connectivity index (χ1v) is 7.31. The Morgan fingerprint density at radius 2 is 1.56 bits per heavy atom. The number of hydrogen-bond acceptors (Lipinski definition) is 4. The highest BCUT2D eigenvalue weighted by Gasteiger charge is 2.30. The van der Waals surface area contributed by atoms with Gasteiger partial charge in [-0.1, -0.05) is 0 Å². The fraction of sp³-hybridized carbons (Fsp3) is 0.438. The third-order valence-corrected chi connectivity index (χ3v) is 2.83. The van der Waals surface area contributed by atoms with Crippen molar-refractivity contribution in [3.8, 4) is 0 Å². The maximum absolute atomic E-state index is 12.5. The van der Waals surface area contributed by atoms with Gasteiger partial charge in [0.1, 0.15) is 0 Å². The van der Waals surface area contributed by atoms with Gasteiger partial charge < -0.3 is 10.1 Å². The molecule has 1 rings (SSSR count). The fourth-order valence-electron chi connectivity index (χ4n) is 1.66. The third kappa shape index (κ3) is 6.82. The number of esters is 1. The van der Waals surface area contributed by atoms with Gasteiger partial charge in [0, 0.05) is 5.54 Å². The van der Waals surface area contributed by atoms with Gasteiger partial charge in [0.2, 0.25) is 0 Å². The molecule has 9 heteroatoms. The first-order chi connectivity index (χ1) is 11.3. The van der Waals surface area contributed by atoms with Gasteiger partial charge in [-0.15, -0.1) is 0 Å². The minimum absolute atomic E-state index is 0.146. The van der Waals surface area contributed by atoms with E-state index >= 15 is 0 Å². The van der Waals surface area contributed by atoms with Crippen LogP contribution in [0.25, 0.3) is 0 Å². The number of amides is 3. The topological polar surface area (TPSA) is 84.5 Å². The summed E-state index contributed by atoms with van der Waals surface area (Å²) in [6.07, 6.45) is -5.82. The number of nitrogens with one attached hydrogen (secondary N) is 2. The molecule has 0 aliphatic rings. The number of alkyl halides is 3. The second-order valence-corrected chi connectivity index (χ2v) is 6.32. The Bertz CT molecular complexity index is 649. The minimum Gasteiger partial charge on any atom is -0.449 e. The second kappa shape index (κ2) is 7.54. The number of halogens is 3. The summed E-state index contributed by atoms with van der Waals surface area (Å²) in [7, 11) is 0. The molecule has 0 bridgehead atoms. The fourth-order valence-corrected chi connectivity index (χ4v) is 1.66. The van der Waals surface area contributed by atoms with Crippen molar-refractivity contribution in [2.45, 2.75) is 45.5 Å². The van der Waals surface area contributed by atoms with Crippen molar-refractivity contribution in [1.29, 1.82) is 0 Å². The van der Waals surface area contributed by atoms with E-state index in [1.807, 2.05) is 5.32 Å². The third-order valence-electron chi connectivity index (χ3n) is 2.83. The van der Waals surface area contributed by atoms with Gasteiger partial charge in [-0.3, -0.25) is 10.1 Å². The molecule has 1 atom stereocenters. The molecule has 0 heterocycles. The van der Waals surface area contributed by atoms with Gasteiger partial charge in [-0.25, -0.2) is 9.59 Å². The van der Waals surface area contributed by atoms with Crippen LogP contribution in [0, 0.1) is 0 Å². The lowest BCUT2D eigenvalue weighted by atomic mass is 10.1. The summed E-state index contributed by atoms with van der Waals surface area (Å²) < 4.78 is 42.2. The van der Waals surface area contributed by atoms with E-state index in [1.54, 1.807) is 20.8 Å². The van der Waals surface area contributed by atoms with Crippen LogP contribution >= 0.6 is 0 Å². The monoisotopic (exact) mass is 360 g/mol. The van der Waals surface area contributed by atoms with Gasteiger partial charge in [0.15, 0.2) is 6.10 Å². The Kier molecular flexibility index (Phi) is 6.17. The summed E-state index contributed by atoms with van der Waals surface area (Å²) in [5.74, 6) is -1.84. The standard InChI is InChI=1S/C16H19F3N2O4/c1-9(12(22)20-14(24)21-15(2,3)4)25-13(23)10-5-7-11(8-6-10)16(17,18)19/h5-9H,1-4H3,(H2,20,21,22,24). The summed E-state index contributed by atoms with van der Waals surface area (Å²) in [5, 5.41) is 4.50. The van der Waals surface area contributed by atoms with E-state index in [2.05, 4.69) is 5.32 Å². The molecule has 0 aromatic heterocycles. The molecule has 0 spiro atoms. The van der Waals surface area contributed by atoms with Gasteiger partial charge in [0.25, 0.3) is 5.91 Å². The summed E-state index contributed by atoms with van der Waals surface area (Å²) in [4.78, 5) is 35.2. The number of carbonyl (C=O) groups excluding carboxylic acids is 3. The molecule has 1 unspecified atom stereocenters. The summed E-state index contributed by atoms with van der Waals surface area (Å²) in [5.41, 5.74) is -1.62. The van der Waals surface area contributed by atoms with E-state index in [-0.39, 0.29) is 5.56 Å². The zero-order valence-corrected chi connectivity index (χ0v) is 14.2. The number of rotatable bonds is 3. The molecule has 0 saturated heterocycles. The molecule has 6 nitrogen and oxygen atoms in total. The summed E-state index contributed by atoms with van der Waals surface area (Å²) in [6, 6.07) is 2.61. The molecule has 0 saturated carbocycles. The van der Waals surface area contributed by atoms with Crippen molar-refractivity contribution in [3.05, 3.63) is 35.4 Å². The van der Waals surface area contributed by atoms with Crippen LogP contribution < -0.4 is 10.6 Å². The van der Waals surface area contributed by atoms with Crippen LogP contribution in [0.5, 0.6) is 0 Å². The number of imide groups is 1. The van der Waals surface area contributed by atoms with Crippen LogP contribution in [0.15, 0.2) is 24.3 Å². The SMILES string of the molecule is CC(OC(=O)c1ccc(C(F)(F)F)cc1)C(=O)NC(=O)NC(C)(C)C. The maximum Gasteiger partial charge on any atom is 0.416 e. The summed E-state index contributed by atoms with van der Waals surface area (Å²) in [6.45, 7) is 6.38. The highest BCUT2D eigenvalue weighted by Crippen LogP contribution is 2.29. The molecule has 25 heavy (non-hydrogen) atoms. The van der Waals surface area contributed by atoms with Crippen molar-refractivity contribution >= 4 is 17.9 Å². The van der Waals surface area contributed by atoms with Crippen LogP contribution in [0.1, 0.15) is 43.6 Å². The van der Waals surface area contributed by atoms with Crippen molar-refractivity contribution in [2.24, 2.45) is 0 Å². The lowest BCUT2D eigenvalue weighted by Crippen LogP contribution is -2.50. The quantitative estimate of drug-likeness (QED) is 0.812. The van der Waals surface area contributed by atoms with Gasteiger partial charge >= 0.3 is 18.2 Å². The predicted octanol–water partition coefficient (Wildman–Crippen LogP) is 2.88. The summed E-state index contributed by atoms with van der Waals surface area (Å²) >= 11 is 0. The molecule has 0 aliphatic carbocycles. The minimum atomic E-state index is -4.52. The lowest BCUT2D eigenvalue weighted by molar-refractivity contribution is -0.137. The Morgan fingerprint density at radius 1 is 1.04 bits per heavy atom. The highest BCUT2D eigenvalue weighted by atomic mass is 19.4. The Morgan fingerprint density at radius 3 is 2.00 bits per heavy atom. The largest absolute Gasteiger partial charge is 0.449 e. The van der Waals surface area contributed by atoms with Gasteiger partial charge in [-0.05, 0) is 52.0 Å². The molecule has 138 valence electrons. The average molecular weight is 360 g/mol. The van der Waals surface area contributed by atoms with Crippen LogP contribution in [0.2, 0.25) is 0 Å². The van der Waals surface area contributed by atoms with Gasteiger partial charge in [0.05, 0.1) is 11.1 Å². The molecule has 1 aromatic carbocycles. The number of benzene rings is 1. The van der Waals surface area contributed by atoms with E-state index in [0.29, 0.717) is 0 Å². The second-order valence-electron chi connectivity index (χ2n) is 6.32. The first-order valence-electron chi connectivity index (χ1n) is 7.31. The van der Waals surface area contributed by atoms with Gasteiger partial charge in [-0.2, -0.15) is 13.2 Å². The maximum atomic E-state index is 12.5. The number of carbonyl (C=O) groups is 3. The highest BCUT2D eigenvalue weighted by molar-refractivity contribution is 5.98. The number of urea groups is 1. The zero-order chi connectivity index (χ0) is 19.4. The number of hydrogen-bond donors (Lipinski definition) is 2. The lowest BCUT2D eigenvalue weighted by Gasteiger charge is -2.21. The van der Waals surface area contributed by atoms with E-state index in [4.69, 9.17) is 4.74 Å². The predicted molar refractivity (Wildman–Crippen MR) is 82.7 cm³/mol. The van der Waals surface area contributed by atoms with Crippen molar-refractivity contribution in [2.75, 3.05) is 0 Å². The molecule has 1 aromatic rings. The van der Waals surface area contributed by atoms with E-state index < -0.39 is 41.3 Å². The van der Waals surface area contributed by atoms with Crippen molar-refractivity contribution in [1.82, 2.24) is 10.6 Å². The normalized spacial score (nSPS) is 12.9. The Balaban J connectivity index is 2.64. The van der Waals surface area contributed by atoms with E-state index in [1.165, 1.54) is 6.92 Å². The first kappa shape index (κ1) is 20.5. The molecule has 3 amide bonds. The van der Waals surface area contributed by atoms with Crippen LogP contribution in [-0.2, 0) is 15.7 Å². The van der Waals surface area contributed by atoms with Crippen molar-refractivity contribution < 1.29 is 32.3 Å². The molecule has 2 N–H and O–H groups in total. The Hall–Kier alpha value is -2.58. The molecule has 0 fully saturated rings. The molecular formula is C16H19F3N2O4. The van der Waals surface area contributed by atoms with Crippen LogP contribution in [0.3, 0.4) is 0 Å². The number of ether oxygens (including phenoxy) is 1. The molecule has 0 aliphatic heterocycles. The molecular weight excluding hydrogens is 341 g/mol. The van der Waals surface area contributed by atoms with Crippen molar-refractivity contribution in [3.63, 3.8) is 0 Å². The molecule has 0 radical (unpaired) electrons. The van der Waals surface area contributed by atoms with E-state index in [9.17, 15) is 27.6 Å².